The third kappa shape index (κ3) is 3.65. The van der Waals surface area contributed by atoms with Gasteiger partial charge in [0.1, 0.15) is 0 Å². The number of hydrogen-bond donors (Lipinski definition) is 1. The molecule has 0 radical (unpaired) electrons. The van der Waals surface area contributed by atoms with Crippen LogP contribution in [0, 0.1) is 0 Å². The number of likely N-dealkylation sites (N-methyl/N-ethyl adjacent to an activating group) is 1. The molecule has 25 heavy (non-hydrogen) atoms. The molecular formula is C18H20ClN5O. The van der Waals surface area contributed by atoms with E-state index in [0.717, 1.165) is 17.6 Å². The van der Waals surface area contributed by atoms with Crippen molar-refractivity contribution in [2.24, 2.45) is 7.05 Å². The quantitative estimate of drug-likeness (QED) is 0.762. The third-order valence-electron chi connectivity index (χ3n) is 3.92. The van der Waals surface area contributed by atoms with E-state index in [0.29, 0.717) is 28.7 Å². The highest BCUT2D eigenvalue weighted by atomic mass is 35.5. The number of nitrogens with zero attached hydrogens (tertiary/aromatic N) is 4. The molecule has 1 N–H and O–H groups in total. The molecule has 0 saturated carbocycles. The van der Waals surface area contributed by atoms with Crippen molar-refractivity contribution in [3.63, 3.8) is 0 Å². The van der Waals surface area contributed by atoms with Crippen LogP contribution < -0.4 is 5.32 Å². The van der Waals surface area contributed by atoms with Crippen molar-refractivity contribution in [3.05, 3.63) is 47.2 Å². The van der Waals surface area contributed by atoms with Gasteiger partial charge in [-0.1, -0.05) is 41.9 Å². The van der Waals surface area contributed by atoms with Gasteiger partial charge in [-0.2, -0.15) is 0 Å². The zero-order valence-corrected chi connectivity index (χ0v) is 15.2. The van der Waals surface area contributed by atoms with Gasteiger partial charge in [0, 0.05) is 25.7 Å². The standard InChI is InChI=1S/C18H20ClN5O/c1-23(2)10-9-20-18(25)17-22-16-14(24(17)3)11-13(19)15(21-16)12-7-5-4-6-8-12/h4-8,11H,9-10H2,1-3H3,(H,20,25). The molecule has 0 saturated heterocycles. The van der Waals surface area contributed by atoms with Crippen LogP contribution in [0.1, 0.15) is 10.6 Å². The smallest absolute Gasteiger partial charge is 0.287 e. The Morgan fingerprint density at radius 3 is 2.64 bits per heavy atom. The van der Waals surface area contributed by atoms with E-state index >= 15 is 0 Å². The van der Waals surface area contributed by atoms with Crippen LogP contribution in [0.2, 0.25) is 5.02 Å². The zero-order valence-electron chi connectivity index (χ0n) is 14.5. The van der Waals surface area contributed by atoms with Crippen molar-refractivity contribution in [3.8, 4) is 11.3 Å². The van der Waals surface area contributed by atoms with Gasteiger partial charge in [0.15, 0.2) is 5.65 Å². The second kappa shape index (κ2) is 7.21. The van der Waals surface area contributed by atoms with Gasteiger partial charge < -0.3 is 14.8 Å². The molecule has 0 spiro atoms. The van der Waals surface area contributed by atoms with Crippen LogP contribution >= 0.6 is 11.6 Å². The van der Waals surface area contributed by atoms with Gasteiger partial charge in [-0.3, -0.25) is 4.79 Å². The third-order valence-corrected chi connectivity index (χ3v) is 4.21. The lowest BCUT2D eigenvalue weighted by atomic mass is 10.1. The number of nitrogens with one attached hydrogen (secondary N) is 1. The first-order valence-corrected chi connectivity index (χ1v) is 8.36. The Morgan fingerprint density at radius 1 is 1.24 bits per heavy atom. The first kappa shape index (κ1) is 17.4. The van der Waals surface area contributed by atoms with Crippen molar-refractivity contribution in [1.29, 1.82) is 0 Å². The number of hydrogen-bond acceptors (Lipinski definition) is 4. The van der Waals surface area contributed by atoms with E-state index in [2.05, 4.69) is 15.3 Å². The van der Waals surface area contributed by atoms with Crippen molar-refractivity contribution in [2.45, 2.75) is 0 Å². The summed E-state index contributed by atoms with van der Waals surface area (Å²) in [4.78, 5) is 23.4. The maximum atomic E-state index is 12.4. The number of fused-ring (bicyclic) bond motifs is 1. The molecule has 3 rings (SSSR count). The summed E-state index contributed by atoms with van der Waals surface area (Å²) >= 11 is 6.41. The molecule has 2 aromatic heterocycles. The average Bonchev–Trinajstić information content (AvgIpc) is 2.91. The highest BCUT2D eigenvalue weighted by Crippen LogP contribution is 2.29. The monoisotopic (exact) mass is 357 g/mol. The first-order valence-electron chi connectivity index (χ1n) is 7.98. The van der Waals surface area contributed by atoms with Gasteiger partial charge in [0.05, 0.1) is 16.2 Å². The fourth-order valence-corrected chi connectivity index (χ4v) is 2.82. The predicted molar refractivity (Wildman–Crippen MR) is 99.8 cm³/mol. The summed E-state index contributed by atoms with van der Waals surface area (Å²) in [5, 5.41) is 3.40. The molecule has 3 aromatic rings. The highest BCUT2D eigenvalue weighted by molar-refractivity contribution is 6.33. The molecule has 130 valence electrons. The first-order chi connectivity index (χ1) is 12.0. The Labute approximate surface area is 151 Å². The predicted octanol–water partition coefficient (Wildman–Crippen LogP) is 2.58. The summed E-state index contributed by atoms with van der Waals surface area (Å²) in [6, 6.07) is 11.5. The number of carbonyl (C=O) groups excluding carboxylic acids is 1. The summed E-state index contributed by atoms with van der Waals surface area (Å²) < 4.78 is 1.72. The maximum Gasteiger partial charge on any atom is 0.287 e. The molecule has 0 unspecified atom stereocenters. The van der Waals surface area contributed by atoms with E-state index in [1.165, 1.54) is 0 Å². The number of aromatic nitrogens is 3. The van der Waals surface area contributed by atoms with E-state index in [9.17, 15) is 4.79 Å². The van der Waals surface area contributed by atoms with Crippen molar-refractivity contribution >= 4 is 28.7 Å². The Kier molecular flexibility index (Phi) is 5.01. The van der Waals surface area contributed by atoms with Gasteiger partial charge >= 0.3 is 0 Å². The molecule has 0 fully saturated rings. The Balaban J connectivity index is 1.95. The summed E-state index contributed by atoms with van der Waals surface area (Å²) in [6.07, 6.45) is 0. The topological polar surface area (TPSA) is 63.1 Å². The molecule has 0 aliphatic rings. The molecule has 1 aromatic carbocycles. The number of amides is 1. The Morgan fingerprint density at radius 2 is 1.96 bits per heavy atom. The number of benzene rings is 1. The van der Waals surface area contributed by atoms with Crippen molar-refractivity contribution < 1.29 is 4.79 Å². The summed E-state index contributed by atoms with van der Waals surface area (Å²) in [5.41, 5.74) is 2.80. The second-order valence-corrected chi connectivity index (χ2v) is 6.49. The number of aryl methyl sites for hydroxylation is 1. The van der Waals surface area contributed by atoms with Gasteiger partial charge in [-0.15, -0.1) is 0 Å². The van der Waals surface area contributed by atoms with Crippen LogP contribution in [0.5, 0.6) is 0 Å². The van der Waals surface area contributed by atoms with E-state index < -0.39 is 0 Å². The van der Waals surface area contributed by atoms with Crippen LogP contribution in [0.15, 0.2) is 36.4 Å². The SMILES string of the molecule is CN(C)CCNC(=O)c1nc2nc(-c3ccccc3)c(Cl)cc2n1C. The summed E-state index contributed by atoms with van der Waals surface area (Å²) in [6.45, 7) is 1.32. The van der Waals surface area contributed by atoms with Crippen LogP contribution in [0.25, 0.3) is 22.4 Å². The summed E-state index contributed by atoms with van der Waals surface area (Å²) in [5.74, 6) is 0.0993. The van der Waals surface area contributed by atoms with Crippen LogP contribution in [-0.4, -0.2) is 52.5 Å². The zero-order chi connectivity index (χ0) is 18.0. The van der Waals surface area contributed by atoms with E-state index in [1.807, 2.05) is 49.3 Å². The number of imidazole rings is 1. The molecule has 6 nitrogen and oxygen atoms in total. The fraction of sp³-hybridized carbons (Fsp3) is 0.278. The van der Waals surface area contributed by atoms with E-state index in [1.54, 1.807) is 17.7 Å². The maximum absolute atomic E-state index is 12.4. The van der Waals surface area contributed by atoms with Crippen molar-refractivity contribution in [1.82, 2.24) is 24.8 Å². The minimum Gasteiger partial charge on any atom is -0.348 e. The molecular weight excluding hydrogens is 338 g/mol. The molecule has 2 heterocycles. The number of carbonyl (C=O) groups is 1. The van der Waals surface area contributed by atoms with Gasteiger partial charge in [-0.05, 0) is 20.2 Å². The average molecular weight is 358 g/mol. The lowest BCUT2D eigenvalue weighted by molar-refractivity contribution is 0.0938. The van der Waals surface area contributed by atoms with Crippen molar-refractivity contribution in [2.75, 3.05) is 27.2 Å². The van der Waals surface area contributed by atoms with E-state index in [-0.39, 0.29) is 5.91 Å². The molecule has 1 amide bonds. The fourth-order valence-electron chi connectivity index (χ4n) is 2.56. The molecule has 0 bridgehead atoms. The normalized spacial score (nSPS) is 11.2. The Bertz CT molecular complexity index is 905. The number of halogens is 1. The lowest BCUT2D eigenvalue weighted by Crippen LogP contribution is -2.32. The van der Waals surface area contributed by atoms with Crippen LogP contribution in [0.3, 0.4) is 0 Å². The minimum atomic E-state index is -0.222. The lowest BCUT2D eigenvalue weighted by Gasteiger charge is -2.10. The second-order valence-electron chi connectivity index (χ2n) is 6.08. The minimum absolute atomic E-state index is 0.222. The van der Waals surface area contributed by atoms with Crippen LogP contribution in [-0.2, 0) is 7.05 Å². The largest absolute Gasteiger partial charge is 0.348 e. The highest BCUT2D eigenvalue weighted by Gasteiger charge is 2.18. The van der Waals surface area contributed by atoms with Gasteiger partial charge in [0.2, 0.25) is 5.82 Å². The molecule has 0 aliphatic heterocycles. The van der Waals surface area contributed by atoms with Gasteiger partial charge in [0.25, 0.3) is 5.91 Å². The summed E-state index contributed by atoms with van der Waals surface area (Å²) in [7, 11) is 5.70. The molecule has 0 aliphatic carbocycles. The van der Waals surface area contributed by atoms with Crippen LogP contribution in [0.4, 0.5) is 0 Å². The number of rotatable bonds is 5. The van der Waals surface area contributed by atoms with E-state index in [4.69, 9.17) is 11.6 Å². The Hall–Kier alpha value is -2.44. The number of pyridine rings is 1. The van der Waals surface area contributed by atoms with Gasteiger partial charge in [-0.25, -0.2) is 9.97 Å². The molecule has 7 heteroatoms. The molecule has 0 atom stereocenters.